The van der Waals surface area contributed by atoms with Crippen molar-refractivity contribution in [3.05, 3.63) is 29.8 Å². The highest BCUT2D eigenvalue weighted by molar-refractivity contribution is 8.15. The first-order valence-corrected chi connectivity index (χ1v) is 10.5. The summed E-state index contributed by atoms with van der Waals surface area (Å²) < 4.78 is 0. The Labute approximate surface area is 169 Å². The van der Waals surface area contributed by atoms with Gasteiger partial charge in [0.25, 0.3) is 0 Å². The number of hydrogen-bond acceptors (Lipinski definition) is 5. The zero-order valence-electron chi connectivity index (χ0n) is 16.3. The van der Waals surface area contributed by atoms with E-state index in [9.17, 15) is 14.4 Å². The van der Waals surface area contributed by atoms with E-state index >= 15 is 0 Å². The van der Waals surface area contributed by atoms with Crippen LogP contribution in [0.25, 0.3) is 0 Å². The van der Waals surface area contributed by atoms with Crippen LogP contribution in [-0.4, -0.2) is 51.3 Å². The van der Waals surface area contributed by atoms with E-state index in [0.717, 1.165) is 30.9 Å². The maximum Gasteiger partial charge on any atom is 0.335 e. The van der Waals surface area contributed by atoms with Gasteiger partial charge in [0, 0.05) is 25.2 Å². The van der Waals surface area contributed by atoms with Crippen molar-refractivity contribution >= 4 is 40.4 Å². The maximum absolute atomic E-state index is 12.7. The first kappa shape index (κ1) is 21.9. The number of aromatic carboxylic acids is 1. The summed E-state index contributed by atoms with van der Waals surface area (Å²) in [5.74, 6) is -1.36. The van der Waals surface area contributed by atoms with Crippen molar-refractivity contribution in [1.29, 1.82) is 0 Å². The largest absolute Gasteiger partial charge is 0.478 e. The molecule has 0 aromatic heterocycles. The lowest BCUT2D eigenvalue weighted by atomic mass is 10.2. The van der Waals surface area contributed by atoms with E-state index in [1.807, 2.05) is 0 Å². The fourth-order valence-electron chi connectivity index (χ4n) is 2.69. The molecule has 0 aliphatic carbocycles. The van der Waals surface area contributed by atoms with Crippen LogP contribution in [0.1, 0.15) is 56.3 Å². The van der Waals surface area contributed by atoms with Crippen molar-refractivity contribution in [3.63, 3.8) is 0 Å². The van der Waals surface area contributed by atoms with Gasteiger partial charge in [-0.05, 0) is 37.1 Å². The lowest BCUT2D eigenvalue weighted by Gasteiger charge is -2.15. The molecule has 0 saturated carbocycles. The molecule has 8 heteroatoms. The van der Waals surface area contributed by atoms with Crippen molar-refractivity contribution < 1.29 is 19.5 Å². The Morgan fingerprint density at radius 2 is 1.86 bits per heavy atom. The van der Waals surface area contributed by atoms with E-state index in [2.05, 4.69) is 24.2 Å². The highest BCUT2D eigenvalue weighted by atomic mass is 32.2. The molecule has 1 atom stereocenters. The summed E-state index contributed by atoms with van der Waals surface area (Å²) >= 11 is 1.36. The van der Waals surface area contributed by atoms with Gasteiger partial charge in [-0.25, -0.2) is 4.79 Å². The number of carbonyl (C=O) groups excluding carboxylic acids is 2. The monoisotopic (exact) mass is 405 g/mol. The fourth-order valence-corrected chi connectivity index (χ4v) is 3.88. The molecule has 2 amide bonds. The number of hydrogen-bond donors (Lipinski definition) is 2. The number of unbranched alkanes of at least 4 members (excludes halogenated alkanes) is 2. The summed E-state index contributed by atoms with van der Waals surface area (Å²) in [4.78, 5) is 42.3. The molecule has 1 unspecified atom stereocenters. The van der Waals surface area contributed by atoms with Crippen molar-refractivity contribution in [1.82, 2.24) is 4.90 Å². The van der Waals surface area contributed by atoms with Crippen LogP contribution < -0.4 is 5.32 Å². The van der Waals surface area contributed by atoms with Crippen LogP contribution in [0.5, 0.6) is 0 Å². The Balaban J connectivity index is 1.99. The summed E-state index contributed by atoms with van der Waals surface area (Å²) in [6.45, 7) is 5.48. The van der Waals surface area contributed by atoms with Crippen LogP contribution in [0, 0.1) is 0 Å². The van der Waals surface area contributed by atoms with Crippen LogP contribution in [0.15, 0.2) is 29.3 Å². The third-order valence-electron chi connectivity index (χ3n) is 4.30. The molecule has 1 aromatic carbocycles. The van der Waals surface area contributed by atoms with Gasteiger partial charge in [0.2, 0.25) is 11.8 Å². The van der Waals surface area contributed by atoms with E-state index in [1.54, 1.807) is 4.90 Å². The lowest BCUT2D eigenvalue weighted by Crippen LogP contribution is -2.34. The summed E-state index contributed by atoms with van der Waals surface area (Å²) in [6.07, 6.45) is 3.94. The smallest absolute Gasteiger partial charge is 0.335 e. The number of amidine groups is 1. The number of thioether (sulfide) groups is 1. The number of carboxylic acids is 1. The molecule has 1 fully saturated rings. The number of nitrogens with one attached hydrogen (secondary N) is 1. The van der Waals surface area contributed by atoms with Gasteiger partial charge >= 0.3 is 5.97 Å². The molecular weight excluding hydrogens is 378 g/mol. The van der Waals surface area contributed by atoms with Crippen LogP contribution in [0.4, 0.5) is 5.69 Å². The third-order valence-corrected chi connectivity index (χ3v) is 5.51. The van der Waals surface area contributed by atoms with E-state index in [4.69, 9.17) is 5.11 Å². The molecule has 1 heterocycles. The highest BCUT2D eigenvalue weighted by Gasteiger charge is 2.38. The number of nitrogens with zero attached hydrogens (tertiary/aromatic N) is 2. The predicted octanol–water partition coefficient (Wildman–Crippen LogP) is 3.61. The van der Waals surface area contributed by atoms with Crippen LogP contribution in [0.2, 0.25) is 0 Å². The van der Waals surface area contributed by atoms with E-state index in [0.29, 0.717) is 18.8 Å². The van der Waals surface area contributed by atoms with Crippen LogP contribution >= 0.6 is 11.8 Å². The maximum atomic E-state index is 12.7. The first-order valence-electron chi connectivity index (χ1n) is 9.62. The second-order valence-electron chi connectivity index (χ2n) is 6.60. The predicted molar refractivity (Wildman–Crippen MR) is 112 cm³/mol. The Morgan fingerprint density at radius 1 is 1.18 bits per heavy atom. The average molecular weight is 406 g/mol. The fraction of sp³-hybridized carbons (Fsp3) is 0.500. The molecule has 2 rings (SSSR count). The second kappa shape index (κ2) is 10.8. The van der Waals surface area contributed by atoms with Crippen molar-refractivity contribution in [2.75, 3.05) is 18.4 Å². The highest BCUT2D eigenvalue weighted by Crippen LogP contribution is 2.30. The van der Waals surface area contributed by atoms with Gasteiger partial charge in [0.05, 0.1) is 5.56 Å². The van der Waals surface area contributed by atoms with Crippen molar-refractivity contribution in [2.45, 2.75) is 51.2 Å². The van der Waals surface area contributed by atoms with Crippen molar-refractivity contribution in [2.24, 2.45) is 4.99 Å². The molecule has 28 heavy (non-hydrogen) atoms. The number of carbonyl (C=O) groups is 3. The number of amides is 2. The molecule has 152 valence electrons. The van der Waals surface area contributed by atoms with Gasteiger partial charge < -0.3 is 10.4 Å². The molecule has 0 radical (unpaired) electrons. The molecule has 0 bridgehead atoms. The number of benzene rings is 1. The summed E-state index contributed by atoms with van der Waals surface area (Å²) in [5, 5.41) is 11.9. The lowest BCUT2D eigenvalue weighted by molar-refractivity contribution is -0.128. The topological polar surface area (TPSA) is 99.1 Å². The molecule has 1 aliphatic heterocycles. The summed E-state index contributed by atoms with van der Waals surface area (Å²) in [6, 6.07) is 5.93. The average Bonchev–Trinajstić information content (AvgIpc) is 2.95. The minimum Gasteiger partial charge on any atom is -0.478 e. The van der Waals surface area contributed by atoms with Gasteiger partial charge in [0.1, 0.15) is 5.25 Å². The first-order chi connectivity index (χ1) is 13.5. The van der Waals surface area contributed by atoms with Crippen LogP contribution in [0.3, 0.4) is 0 Å². The zero-order valence-corrected chi connectivity index (χ0v) is 17.1. The molecule has 2 N–H and O–H groups in total. The number of anilines is 1. The van der Waals surface area contributed by atoms with E-state index in [1.165, 1.54) is 36.0 Å². The number of carboxylic acid groups (broad SMARTS) is 1. The Bertz CT molecular complexity index is 733. The van der Waals surface area contributed by atoms with Crippen molar-refractivity contribution in [3.8, 4) is 0 Å². The Morgan fingerprint density at radius 3 is 2.46 bits per heavy atom. The Hall–Kier alpha value is -2.35. The minimum atomic E-state index is -1.02. The van der Waals surface area contributed by atoms with Gasteiger partial charge in [-0.15, -0.1) is 0 Å². The van der Waals surface area contributed by atoms with Crippen LogP contribution in [-0.2, 0) is 9.59 Å². The molecule has 1 aliphatic rings. The molecule has 0 spiro atoms. The summed E-state index contributed by atoms with van der Waals surface area (Å²) in [7, 11) is 0. The second-order valence-corrected chi connectivity index (χ2v) is 7.77. The number of aliphatic imine (C=N–C) groups is 1. The molecular formula is C20H27N3O4S. The van der Waals surface area contributed by atoms with Gasteiger partial charge in [-0.2, -0.15) is 0 Å². The van der Waals surface area contributed by atoms with Gasteiger partial charge in [-0.1, -0.05) is 38.5 Å². The third kappa shape index (κ3) is 6.09. The zero-order chi connectivity index (χ0) is 20.5. The van der Waals surface area contributed by atoms with Gasteiger partial charge in [0.15, 0.2) is 5.17 Å². The SMILES string of the molecule is CCCCN=C1SC(CC(=O)Nc2ccc(C(=O)O)cc2)C(=O)N1CCCC. The van der Waals surface area contributed by atoms with E-state index < -0.39 is 11.2 Å². The number of rotatable bonds is 10. The van der Waals surface area contributed by atoms with Gasteiger partial charge in [-0.3, -0.25) is 19.5 Å². The molecule has 1 aromatic rings. The molecule has 1 saturated heterocycles. The quantitative estimate of drug-likeness (QED) is 0.579. The summed E-state index contributed by atoms with van der Waals surface area (Å²) in [5.41, 5.74) is 0.657. The Kier molecular flexibility index (Phi) is 8.50. The molecule has 7 nitrogen and oxygen atoms in total. The standard InChI is InChI=1S/C20H27N3O4S/c1-3-5-11-21-20-23(12-6-4-2)18(25)16(28-20)13-17(24)22-15-9-7-14(8-10-15)19(26)27/h7-10,16H,3-6,11-13H2,1-2H3,(H,22,24)(H,26,27). The van der Waals surface area contributed by atoms with E-state index in [-0.39, 0.29) is 23.8 Å². The normalized spacial score (nSPS) is 17.9. The minimum absolute atomic E-state index is 0.0552.